The van der Waals surface area contributed by atoms with Crippen LogP contribution in [0.5, 0.6) is 0 Å². The van der Waals surface area contributed by atoms with Gasteiger partial charge in [-0.15, -0.1) is 5.10 Å². The molecule has 25 heavy (non-hydrogen) atoms. The van der Waals surface area contributed by atoms with Crippen molar-refractivity contribution in [2.45, 2.75) is 13.3 Å². The van der Waals surface area contributed by atoms with Crippen LogP contribution in [0.1, 0.15) is 11.1 Å². The third-order valence-corrected chi connectivity index (χ3v) is 4.37. The molecule has 0 amide bonds. The molecular formula is C18H17Cl2N5. The number of nitrogens with one attached hydrogen (secondary N) is 2. The Kier molecular flexibility index (Phi) is 5.68. The number of hydrogen-bond acceptors (Lipinski definition) is 5. The normalized spacial score (nSPS) is 10.5. The first kappa shape index (κ1) is 17.5. The summed E-state index contributed by atoms with van der Waals surface area (Å²) in [5.74, 6) is 1.08. The molecule has 1 heterocycles. The van der Waals surface area contributed by atoms with Gasteiger partial charge in [0.1, 0.15) is 0 Å². The van der Waals surface area contributed by atoms with Crippen molar-refractivity contribution in [3.8, 4) is 0 Å². The summed E-state index contributed by atoms with van der Waals surface area (Å²) < 4.78 is 0. The van der Waals surface area contributed by atoms with E-state index in [9.17, 15) is 0 Å². The Morgan fingerprint density at radius 1 is 1.04 bits per heavy atom. The molecule has 0 atom stereocenters. The molecule has 0 spiro atoms. The van der Waals surface area contributed by atoms with E-state index >= 15 is 0 Å². The standard InChI is InChI=1S/C18H17Cl2N5/c1-12-15(20)3-2-4-16(12)23-18-24-17(11-22-25-18)21-10-9-13-5-7-14(19)8-6-13/h2-8,11H,9-10H2,1H3,(H2,21,23,24,25). The smallest absolute Gasteiger partial charge is 0.249 e. The zero-order chi connectivity index (χ0) is 17.6. The summed E-state index contributed by atoms with van der Waals surface area (Å²) in [6.07, 6.45) is 2.45. The quantitative estimate of drug-likeness (QED) is 0.644. The van der Waals surface area contributed by atoms with E-state index in [0.29, 0.717) is 16.8 Å². The molecule has 128 valence electrons. The highest BCUT2D eigenvalue weighted by molar-refractivity contribution is 6.31. The summed E-state index contributed by atoms with van der Waals surface area (Å²) >= 11 is 12.0. The van der Waals surface area contributed by atoms with Crippen molar-refractivity contribution in [2.75, 3.05) is 17.2 Å². The molecule has 0 radical (unpaired) electrons. The lowest BCUT2D eigenvalue weighted by molar-refractivity contribution is 0.950. The van der Waals surface area contributed by atoms with E-state index in [1.807, 2.05) is 49.4 Å². The Hall–Kier alpha value is -2.37. The van der Waals surface area contributed by atoms with Crippen LogP contribution in [0.3, 0.4) is 0 Å². The van der Waals surface area contributed by atoms with Gasteiger partial charge in [0.2, 0.25) is 5.95 Å². The van der Waals surface area contributed by atoms with Crippen molar-refractivity contribution >= 4 is 40.7 Å². The Morgan fingerprint density at radius 3 is 2.64 bits per heavy atom. The number of aromatic nitrogens is 3. The Labute approximate surface area is 156 Å². The molecule has 0 unspecified atom stereocenters. The van der Waals surface area contributed by atoms with E-state index in [-0.39, 0.29) is 0 Å². The van der Waals surface area contributed by atoms with Crippen LogP contribution in [-0.2, 0) is 6.42 Å². The van der Waals surface area contributed by atoms with Gasteiger partial charge in [-0.1, -0.05) is 41.4 Å². The number of hydrogen-bond donors (Lipinski definition) is 2. The summed E-state index contributed by atoms with van der Waals surface area (Å²) in [7, 11) is 0. The average molecular weight is 374 g/mol. The number of benzene rings is 2. The van der Waals surface area contributed by atoms with E-state index in [0.717, 1.165) is 29.2 Å². The SMILES string of the molecule is Cc1c(Cl)cccc1Nc1nncc(NCCc2ccc(Cl)cc2)n1. The average Bonchev–Trinajstić information content (AvgIpc) is 2.61. The van der Waals surface area contributed by atoms with Crippen LogP contribution >= 0.6 is 23.2 Å². The van der Waals surface area contributed by atoms with Crippen LogP contribution < -0.4 is 10.6 Å². The molecule has 5 nitrogen and oxygen atoms in total. The van der Waals surface area contributed by atoms with E-state index < -0.39 is 0 Å². The van der Waals surface area contributed by atoms with E-state index in [4.69, 9.17) is 23.2 Å². The van der Waals surface area contributed by atoms with Crippen molar-refractivity contribution in [1.82, 2.24) is 15.2 Å². The molecule has 0 saturated carbocycles. The summed E-state index contributed by atoms with van der Waals surface area (Å²) in [6, 6.07) is 13.4. The summed E-state index contributed by atoms with van der Waals surface area (Å²) in [5.41, 5.74) is 2.99. The number of rotatable bonds is 6. The largest absolute Gasteiger partial charge is 0.368 e. The zero-order valence-electron chi connectivity index (χ0n) is 13.6. The fourth-order valence-corrected chi connectivity index (χ4v) is 2.59. The Balaban J connectivity index is 1.61. The summed E-state index contributed by atoms with van der Waals surface area (Å²) in [5, 5.41) is 15.8. The first-order valence-corrected chi connectivity index (χ1v) is 8.57. The van der Waals surface area contributed by atoms with Gasteiger partial charge < -0.3 is 10.6 Å². The molecule has 0 saturated heterocycles. The third kappa shape index (κ3) is 4.81. The maximum Gasteiger partial charge on any atom is 0.249 e. The molecule has 1 aromatic heterocycles. The number of halogens is 2. The molecule has 7 heteroatoms. The molecule has 0 aliphatic carbocycles. The predicted octanol–water partition coefficient (Wildman–Crippen LogP) is 4.89. The van der Waals surface area contributed by atoms with Gasteiger partial charge in [-0.2, -0.15) is 10.1 Å². The number of anilines is 3. The second-order valence-electron chi connectivity index (χ2n) is 5.51. The third-order valence-electron chi connectivity index (χ3n) is 3.71. The first-order valence-electron chi connectivity index (χ1n) is 7.82. The highest BCUT2D eigenvalue weighted by Gasteiger charge is 2.05. The maximum absolute atomic E-state index is 6.13. The van der Waals surface area contributed by atoms with Crippen LogP contribution in [0, 0.1) is 6.92 Å². The van der Waals surface area contributed by atoms with Gasteiger partial charge in [0.05, 0.1) is 6.20 Å². The molecule has 0 aliphatic rings. The first-order chi connectivity index (χ1) is 12.1. The lowest BCUT2D eigenvalue weighted by Crippen LogP contribution is -2.09. The van der Waals surface area contributed by atoms with Crippen molar-refractivity contribution in [3.63, 3.8) is 0 Å². The molecule has 2 N–H and O–H groups in total. The summed E-state index contributed by atoms with van der Waals surface area (Å²) in [4.78, 5) is 4.42. The highest BCUT2D eigenvalue weighted by Crippen LogP contribution is 2.24. The summed E-state index contributed by atoms with van der Waals surface area (Å²) in [6.45, 7) is 2.67. The minimum atomic E-state index is 0.418. The zero-order valence-corrected chi connectivity index (χ0v) is 15.1. The van der Waals surface area contributed by atoms with Crippen LogP contribution in [-0.4, -0.2) is 21.7 Å². The molecular weight excluding hydrogens is 357 g/mol. The van der Waals surface area contributed by atoms with Crippen molar-refractivity contribution in [2.24, 2.45) is 0 Å². The van der Waals surface area contributed by atoms with Gasteiger partial charge in [0, 0.05) is 22.3 Å². The van der Waals surface area contributed by atoms with E-state index in [2.05, 4.69) is 25.8 Å². The molecule has 3 rings (SSSR count). The van der Waals surface area contributed by atoms with Gasteiger partial charge in [0.25, 0.3) is 0 Å². The monoisotopic (exact) mass is 373 g/mol. The van der Waals surface area contributed by atoms with Crippen molar-refractivity contribution < 1.29 is 0 Å². The molecule has 0 fully saturated rings. The van der Waals surface area contributed by atoms with E-state index in [1.165, 1.54) is 5.56 Å². The maximum atomic E-state index is 6.13. The van der Waals surface area contributed by atoms with Crippen molar-refractivity contribution in [3.05, 3.63) is 69.8 Å². The minimum absolute atomic E-state index is 0.418. The second-order valence-corrected chi connectivity index (χ2v) is 6.35. The molecule has 3 aromatic rings. The lowest BCUT2D eigenvalue weighted by atomic mass is 10.1. The van der Waals surface area contributed by atoms with E-state index in [1.54, 1.807) is 6.20 Å². The van der Waals surface area contributed by atoms with Crippen molar-refractivity contribution in [1.29, 1.82) is 0 Å². The highest BCUT2D eigenvalue weighted by atomic mass is 35.5. The fraction of sp³-hybridized carbons (Fsp3) is 0.167. The van der Waals surface area contributed by atoms with Crippen LogP contribution in [0.4, 0.5) is 17.5 Å². The number of nitrogens with zero attached hydrogens (tertiary/aromatic N) is 3. The van der Waals surface area contributed by atoms with Crippen LogP contribution in [0.25, 0.3) is 0 Å². The van der Waals surface area contributed by atoms with Gasteiger partial charge in [-0.3, -0.25) is 0 Å². The molecule has 0 bridgehead atoms. The molecule has 2 aromatic carbocycles. The Morgan fingerprint density at radius 2 is 1.84 bits per heavy atom. The minimum Gasteiger partial charge on any atom is -0.368 e. The lowest BCUT2D eigenvalue weighted by Gasteiger charge is -2.10. The topological polar surface area (TPSA) is 62.7 Å². The van der Waals surface area contributed by atoms with Gasteiger partial charge >= 0.3 is 0 Å². The predicted molar refractivity (Wildman–Crippen MR) is 103 cm³/mol. The fourth-order valence-electron chi connectivity index (χ4n) is 2.29. The van der Waals surface area contributed by atoms with Crippen LogP contribution in [0.15, 0.2) is 48.7 Å². The second kappa shape index (κ2) is 8.14. The van der Waals surface area contributed by atoms with Gasteiger partial charge in [0.15, 0.2) is 5.82 Å². The van der Waals surface area contributed by atoms with Crippen LogP contribution in [0.2, 0.25) is 10.0 Å². The molecule has 0 aliphatic heterocycles. The Bertz CT molecular complexity index is 852. The van der Waals surface area contributed by atoms with Gasteiger partial charge in [-0.25, -0.2) is 0 Å². The van der Waals surface area contributed by atoms with Gasteiger partial charge in [-0.05, 0) is 48.7 Å².